The molecule has 0 aliphatic heterocycles. The maximum atomic E-state index is 11.9. The quantitative estimate of drug-likeness (QED) is 0.625. The molecule has 5 heteroatoms. The van der Waals surface area contributed by atoms with E-state index in [9.17, 15) is 4.79 Å². The molecule has 0 aromatic heterocycles. The third-order valence-corrected chi connectivity index (χ3v) is 3.73. The predicted molar refractivity (Wildman–Crippen MR) is 102 cm³/mol. The molecule has 0 saturated heterocycles. The fourth-order valence-electron chi connectivity index (χ4n) is 2.25. The molecule has 0 radical (unpaired) electrons. The van der Waals surface area contributed by atoms with Crippen LogP contribution >= 0.6 is 0 Å². The van der Waals surface area contributed by atoms with Crippen molar-refractivity contribution in [1.82, 2.24) is 5.43 Å². The number of nitrogens with zero attached hydrogens (tertiary/aromatic N) is 1. The van der Waals surface area contributed by atoms with Crippen molar-refractivity contribution in [2.24, 2.45) is 5.10 Å². The van der Waals surface area contributed by atoms with Crippen molar-refractivity contribution >= 4 is 17.8 Å². The average molecular weight is 339 g/mol. The molecule has 2 aromatic rings. The van der Waals surface area contributed by atoms with Crippen LogP contribution in [0.5, 0.6) is 5.75 Å². The molecule has 0 aliphatic carbocycles. The highest BCUT2D eigenvalue weighted by molar-refractivity contribution is 5.84. The number of ether oxygens (including phenoxy) is 1. The van der Waals surface area contributed by atoms with E-state index in [1.54, 1.807) is 13.3 Å². The zero-order valence-electron chi connectivity index (χ0n) is 15.2. The summed E-state index contributed by atoms with van der Waals surface area (Å²) in [6, 6.07) is 15.6. The molecular weight excluding hydrogens is 314 g/mol. The van der Waals surface area contributed by atoms with Crippen molar-refractivity contribution in [2.45, 2.75) is 26.2 Å². The highest BCUT2D eigenvalue weighted by atomic mass is 16.5. The molecule has 5 nitrogen and oxygen atoms in total. The third-order valence-electron chi connectivity index (χ3n) is 3.73. The summed E-state index contributed by atoms with van der Waals surface area (Å²) in [5.41, 5.74) is 5.59. The van der Waals surface area contributed by atoms with Crippen molar-refractivity contribution < 1.29 is 9.53 Å². The van der Waals surface area contributed by atoms with Crippen molar-refractivity contribution in [1.29, 1.82) is 0 Å². The highest BCUT2D eigenvalue weighted by Crippen LogP contribution is 2.23. The first-order chi connectivity index (χ1) is 11.9. The van der Waals surface area contributed by atoms with Gasteiger partial charge in [-0.2, -0.15) is 5.10 Å². The van der Waals surface area contributed by atoms with E-state index in [2.05, 4.69) is 48.7 Å². The van der Waals surface area contributed by atoms with Gasteiger partial charge in [-0.25, -0.2) is 5.43 Å². The van der Waals surface area contributed by atoms with Crippen molar-refractivity contribution in [2.75, 3.05) is 19.0 Å². The van der Waals surface area contributed by atoms with Crippen LogP contribution in [0.1, 0.15) is 31.9 Å². The molecule has 2 aromatic carbocycles. The number of hydrogen-bond donors (Lipinski definition) is 2. The molecule has 0 unspecified atom stereocenters. The van der Waals surface area contributed by atoms with Gasteiger partial charge in [0.05, 0.1) is 25.6 Å². The van der Waals surface area contributed by atoms with Gasteiger partial charge in [-0.15, -0.1) is 0 Å². The number of amides is 1. The highest BCUT2D eigenvalue weighted by Gasteiger charge is 2.12. The molecule has 0 aliphatic rings. The Balaban J connectivity index is 1.84. The van der Waals surface area contributed by atoms with Gasteiger partial charge >= 0.3 is 0 Å². The first-order valence-corrected chi connectivity index (χ1v) is 8.19. The topological polar surface area (TPSA) is 62.7 Å². The van der Waals surface area contributed by atoms with Gasteiger partial charge in [0.25, 0.3) is 5.91 Å². The van der Waals surface area contributed by atoms with Crippen LogP contribution in [0.3, 0.4) is 0 Å². The van der Waals surface area contributed by atoms with Crippen LogP contribution in [0.4, 0.5) is 5.69 Å². The van der Waals surface area contributed by atoms with E-state index in [4.69, 9.17) is 4.74 Å². The molecule has 0 saturated carbocycles. The molecule has 0 atom stereocenters. The minimum atomic E-state index is -0.228. The third kappa shape index (κ3) is 5.64. The summed E-state index contributed by atoms with van der Waals surface area (Å²) in [5, 5.41) is 7.02. The van der Waals surface area contributed by atoms with E-state index in [0.717, 1.165) is 11.3 Å². The Labute approximate surface area is 149 Å². The van der Waals surface area contributed by atoms with Crippen molar-refractivity contribution in [3.05, 3.63) is 59.7 Å². The van der Waals surface area contributed by atoms with E-state index in [0.29, 0.717) is 5.75 Å². The number of hydrazone groups is 1. The van der Waals surface area contributed by atoms with Gasteiger partial charge in [-0.05, 0) is 28.7 Å². The van der Waals surface area contributed by atoms with Gasteiger partial charge in [0.15, 0.2) is 0 Å². The number of benzene rings is 2. The summed E-state index contributed by atoms with van der Waals surface area (Å²) in [5.74, 6) is 0.464. The van der Waals surface area contributed by atoms with Crippen LogP contribution in [-0.2, 0) is 10.2 Å². The molecule has 2 rings (SSSR count). The number of methoxy groups -OCH3 is 1. The second kappa shape index (κ2) is 8.33. The average Bonchev–Trinajstić information content (AvgIpc) is 2.60. The van der Waals surface area contributed by atoms with E-state index < -0.39 is 0 Å². The molecular formula is C20H25N3O2. The monoisotopic (exact) mass is 339 g/mol. The largest absolute Gasteiger partial charge is 0.495 e. The number of carbonyl (C=O) groups excluding carboxylic acids is 1. The molecule has 0 bridgehead atoms. The minimum absolute atomic E-state index is 0.112. The zero-order chi connectivity index (χ0) is 18.3. The second-order valence-electron chi connectivity index (χ2n) is 6.72. The smallest absolute Gasteiger partial charge is 0.259 e. The Morgan fingerprint density at radius 1 is 1.12 bits per heavy atom. The summed E-state index contributed by atoms with van der Waals surface area (Å²) in [6.45, 7) is 6.63. The van der Waals surface area contributed by atoms with Gasteiger partial charge in [0, 0.05) is 0 Å². The van der Waals surface area contributed by atoms with Crippen LogP contribution in [0, 0.1) is 0 Å². The van der Waals surface area contributed by atoms with E-state index in [1.165, 1.54) is 5.56 Å². The lowest BCUT2D eigenvalue weighted by Gasteiger charge is -2.18. The second-order valence-corrected chi connectivity index (χ2v) is 6.72. The van der Waals surface area contributed by atoms with Gasteiger partial charge in [-0.1, -0.05) is 57.2 Å². The Morgan fingerprint density at radius 3 is 2.44 bits per heavy atom. The predicted octanol–water partition coefficient (Wildman–Crippen LogP) is 3.55. The Hall–Kier alpha value is -2.82. The number of para-hydroxylation sites is 2. The Morgan fingerprint density at radius 2 is 1.80 bits per heavy atom. The maximum Gasteiger partial charge on any atom is 0.259 e. The van der Waals surface area contributed by atoms with Crippen LogP contribution in [0.15, 0.2) is 53.6 Å². The fraction of sp³-hybridized carbons (Fsp3) is 0.300. The minimum Gasteiger partial charge on any atom is -0.495 e. The molecule has 25 heavy (non-hydrogen) atoms. The Kier molecular flexibility index (Phi) is 6.17. The summed E-state index contributed by atoms with van der Waals surface area (Å²) in [6.07, 6.45) is 1.63. The number of nitrogens with one attached hydrogen (secondary N) is 2. The van der Waals surface area contributed by atoms with Crippen molar-refractivity contribution in [3.63, 3.8) is 0 Å². The molecule has 0 spiro atoms. The maximum absolute atomic E-state index is 11.9. The summed E-state index contributed by atoms with van der Waals surface area (Å²) >= 11 is 0. The van der Waals surface area contributed by atoms with E-state index in [-0.39, 0.29) is 17.9 Å². The van der Waals surface area contributed by atoms with E-state index >= 15 is 0 Å². The number of rotatable bonds is 6. The molecule has 0 heterocycles. The molecule has 132 valence electrons. The number of hydrogen-bond acceptors (Lipinski definition) is 4. The molecule has 0 fully saturated rings. The fourth-order valence-corrected chi connectivity index (χ4v) is 2.25. The Bertz CT molecular complexity index is 731. The van der Waals surface area contributed by atoms with Gasteiger partial charge < -0.3 is 10.1 Å². The lowest BCUT2D eigenvalue weighted by atomic mass is 9.87. The summed E-state index contributed by atoms with van der Waals surface area (Å²) < 4.78 is 5.23. The number of anilines is 1. The molecule has 2 N–H and O–H groups in total. The van der Waals surface area contributed by atoms with Crippen LogP contribution in [0.25, 0.3) is 0 Å². The summed E-state index contributed by atoms with van der Waals surface area (Å²) in [4.78, 5) is 11.9. The van der Waals surface area contributed by atoms with Crippen LogP contribution in [0.2, 0.25) is 0 Å². The van der Waals surface area contributed by atoms with E-state index in [1.807, 2.05) is 36.4 Å². The van der Waals surface area contributed by atoms with Crippen molar-refractivity contribution in [3.8, 4) is 5.75 Å². The zero-order valence-corrected chi connectivity index (χ0v) is 15.2. The SMILES string of the molecule is COc1ccccc1NCC(=O)N/N=C\c1ccc(C(C)(C)C)cc1. The number of carbonyl (C=O) groups is 1. The van der Waals surface area contributed by atoms with Gasteiger partial charge in [0.2, 0.25) is 0 Å². The first kappa shape index (κ1) is 18.5. The van der Waals surface area contributed by atoms with Crippen LogP contribution in [-0.4, -0.2) is 25.8 Å². The molecule has 1 amide bonds. The lowest BCUT2D eigenvalue weighted by Crippen LogP contribution is -2.26. The van der Waals surface area contributed by atoms with Gasteiger partial charge in [0.1, 0.15) is 5.75 Å². The van der Waals surface area contributed by atoms with Gasteiger partial charge in [-0.3, -0.25) is 4.79 Å². The van der Waals surface area contributed by atoms with Crippen LogP contribution < -0.4 is 15.5 Å². The summed E-state index contributed by atoms with van der Waals surface area (Å²) in [7, 11) is 1.59. The first-order valence-electron chi connectivity index (χ1n) is 8.19. The normalized spacial score (nSPS) is 11.4. The lowest BCUT2D eigenvalue weighted by molar-refractivity contribution is -0.119. The standard InChI is InChI=1S/C20H25N3O2/c1-20(2,3)16-11-9-15(10-12-16)13-22-23-19(24)14-21-17-7-5-6-8-18(17)25-4/h5-13,21H,14H2,1-4H3,(H,23,24)/b22-13-.